The topological polar surface area (TPSA) is 38.0 Å². The molecule has 0 aliphatic rings. The SMILES string of the molecule is NNC(Cc1cccc(F)c1)c1ccccc1. The zero-order valence-corrected chi connectivity index (χ0v) is 9.44. The van der Waals surface area contributed by atoms with Crippen molar-refractivity contribution in [2.24, 2.45) is 5.84 Å². The fraction of sp³-hybridized carbons (Fsp3) is 0.143. The summed E-state index contributed by atoms with van der Waals surface area (Å²) in [6.07, 6.45) is 0.665. The van der Waals surface area contributed by atoms with Crippen molar-refractivity contribution in [1.29, 1.82) is 0 Å². The van der Waals surface area contributed by atoms with Gasteiger partial charge >= 0.3 is 0 Å². The van der Waals surface area contributed by atoms with Crippen LogP contribution in [0.2, 0.25) is 0 Å². The van der Waals surface area contributed by atoms with E-state index in [0.717, 1.165) is 11.1 Å². The van der Waals surface area contributed by atoms with Crippen molar-refractivity contribution in [1.82, 2.24) is 5.43 Å². The summed E-state index contributed by atoms with van der Waals surface area (Å²) in [7, 11) is 0. The zero-order valence-electron chi connectivity index (χ0n) is 9.44. The minimum atomic E-state index is -0.216. The second-order valence-corrected chi connectivity index (χ2v) is 3.96. The molecule has 17 heavy (non-hydrogen) atoms. The van der Waals surface area contributed by atoms with E-state index in [1.54, 1.807) is 6.07 Å². The van der Waals surface area contributed by atoms with Gasteiger partial charge in [-0.1, -0.05) is 42.5 Å². The molecule has 0 aromatic heterocycles. The summed E-state index contributed by atoms with van der Waals surface area (Å²) in [6.45, 7) is 0. The van der Waals surface area contributed by atoms with Crippen molar-refractivity contribution >= 4 is 0 Å². The molecule has 0 amide bonds. The molecule has 2 aromatic rings. The Hall–Kier alpha value is -1.71. The Morgan fingerprint density at radius 1 is 1.06 bits per heavy atom. The normalized spacial score (nSPS) is 12.4. The zero-order chi connectivity index (χ0) is 12.1. The van der Waals surface area contributed by atoms with Crippen LogP contribution >= 0.6 is 0 Å². The van der Waals surface area contributed by atoms with Gasteiger partial charge in [0.25, 0.3) is 0 Å². The fourth-order valence-corrected chi connectivity index (χ4v) is 1.86. The molecule has 0 saturated heterocycles. The van der Waals surface area contributed by atoms with Crippen molar-refractivity contribution in [2.45, 2.75) is 12.5 Å². The third-order valence-corrected chi connectivity index (χ3v) is 2.73. The highest BCUT2D eigenvalue weighted by Gasteiger charge is 2.10. The number of nitrogens with two attached hydrogens (primary N) is 1. The van der Waals surface area contributed by atoms with Crippen LogP contribution in [0.5, 0.6) is 0 Å². The first-order valence-corrected chi connectivity index (χ1v) is 5.55. The second-order valence-electron chi connectivity index (χ2n) is 3.96. The van der Waals surface area contributed by atoms with Gasteiger partial charge < -0.3 is 0 Å². The average molecular weight is 230 g/mol. The Morgan fingerprint density at radius 2 is 1.82 bits per heavy atom. The van der Waals surface area contributed by atoms with Gasteiger partial charge in [0.1, 0.15) is 5.82 Å². The molecule has 0 fully saturated rings. The highest BCUT2D eigenvalue weighted by molar-refractivity contribution is 5.23. The number of hydrogen-bond acceptors (Lipinski definition) is 2. The maximum Gasteiger partial charge on any atom is 0.123 e. The summed E-state index contributed by atoms with van der Waals surface area (Å²) >= 11 is 0. The van der Waals surface area contributed by atoms with Crippen LogP contribution in [-0.4, -0.2) is 0 Å². The van der Waals surface area contributed by atoms with Crippen LogP contribution in [0.4, 0.5) is 4.39 Å². The Kier molecular flexibility index (Phi) is 3.85. The van der Waals surface area contributed by atoms with E-state index in [-0.39, 0.29) is 11.9 Å². The molecule has 0 heterocycles. The van der Waals surface area contributed by atoms with Gasteiger partial charge in [-0.2, -0.15) is 0 Å². The summed E-state index contributed by atoms with van der Waals surface area (Å²) in [5.41, 5.74) is 4.79. The molecule has 3 heteroatoms. The van der Waals surface area contributed by atoms with Gasteiger partial charge in [-0.05, 0) is 29.7 Å². The van der Waals surface area contributed by atoms with Gasteiger partial charge in [0, 0.05) is 6.04 Å². The molecule has 3 N–H and O–H groups in total. The predicted molar refractivity (Wildman–Crippen MR) is 66.6 cm³/mol. The average Bonchev–Trinajstić information content (AvgIpc) is 2.37. The van der Waals surface area contributed by atoms with Gasteiger partial charge in [0.05, 0.1) is 0 Å². The van der Waals surface area contributed by atoms with Crippen molar-refractivity contribution in [2.75, 3.05) is 0 Å². The van der Waals surface area contributed by atoms with Crippen molar-refractivity contribution in [3.63, 3.8) is 0 Å². The van der Waals surface area contributed by atoms with E-state index in [4.69, 9.17) is 5.84 Å². The highest BCUT2D eigenvalue weighted by atomic mass is 19.1. The van der Waals surface area contributed by atoms with E-state index >= 15 is 0 Å². The van der Waals surface area contributed by atoms with Gasteiger partial charge in [-0.25, -0.2) is 4.39 Å². The van der Waals surface area contributed by atoms with Crippen molar-refractivity contribution < 1.29 is 4.39 Å². The molecule has 2 aromatic carbocycles. The summed E-state index contributed by atoms with van der Waals surface area (Å²) in [5, 5.41) is 0. The monoisotopic (exact) mass is 230 g/mol. The molecule has 1 unspecified atom stereocenters. The lowest BCUT2D eigenvalue weighted by atomic mass is 9.99. The summed E-state index contributed by atoms with van der Waals surface area (Å²) < 4.78 is 13.1. The smallest absolute Gasteiger partial charge is 0.123 e. The van der Waals surface area contributed by atoms with Crippen LogP contribution in [0.1, 0.15) is 17.2 Å². The van der Waals surface area contributed by atoms with E-state index in [1.807, 2.05) is 36.4 Å². The lowest BCUT2D eigenvalue weighted by Crippen LogP contribution is -2.29. The van der Waals surface area contributed by atoms with Crippen LogP contribution in [-0.2, 0) is 6.42 Å². The predicted octanol–water partition coefficient (Wildman–Crippen LogP) is 2.57. The van der Waals surface area contributed by atoms with E-state index in [1.165, 1.54) is 12.1 Å². The summed E-state index contributed by atoms with van der Waals surface area (Å²) in [6, 6.07) is 16.5. The van der Waals surface area contributed by atoms with E-state index < -0.39 is 0 Å². The largest absolute Gasteiger partial charge is 0.271 e. The van der Waals surface area contributed by atoms with Crippen molar-refractivity contribution in [3.8, 4) is 0 Å². The number of hydrogen-bond donors (Lipinski definition) is 2. The van der Waals surface area contributed by atoms with E-state index in [9.17, 15) is 4.39 Å². The van der Waals surface area contributed by atoms with Gasteiger partial charge in [-0.15, -0.1) is 0 Å². The van der Waals surface area contributed by atoms with E-state index in [2.05, 4.69) is 5.43 Å². The molecule has 0 spiro atoms. The molecule has 0 aliphatic carbocycles. The van der Waals surface area contributed by atoms with Gasteiger partial charge in [-0.3, -0.25) is 11.3 Å². The highest BCUT2D eigenvalue weighted by Crippen LogP contribution is 2.17. The van der Waals surface area contributed by atoms with Gasteiger partial charge in [0.2, 0.25) is 0 Å². The van der Waals surface area contributed by atoms with Crippen LogP contribution in [0.3, 0.4) is 0 Å². The molecule has 2 nitrogen and oxygen atoms in total. The number of hydrazine groups is 1. The molecule has 2 rings (SSSR count). The number of benzene rings is 2. The molecule has 1 atom stereocenters. The quantitative estimate of drug-likeness (QED) is 0.626. The molecule has 88 valence electrons. The fourth-order valence-electron chi connectivity index (χ4n) is 1.86. The van der Waals surface area contributed by atoms with Crippen LogP contribution in [0.25, 0.3) is 0 Å². The molecular formula is C14H15FN2. The number of halogens is 1. The third-order valence-electron chi connectivity index (χ3n) is 2.73. The number of rotatable bonds is 4. The minimum Gasteiger partial charge on any atom is -0.271 e. The molecule has 0 radical (unpaired) electrons. The summed E-state index contributed by atoms with van der Waals surface area (Å²) in [4.78, 5) is 0. The lowest BCUT2D eigenvalue weighted by molar-refractivity contribution is 0.548. The maximum atomic E-state index is 13.1. The molecule has 0 saturated carbocycles. The second kappa shape index (κ2) is 5.57. The number of nitrogens with one attached hydrogen (secondary N) is 1. The summed E-state index contributed by atoms with van der Waals surface area (Å²) in [5.74, 6) is 5.33. The Labute approximate surface area is 100 Å². The maximum absolute atomic E-state index is 13.1. The van der Waals surface area contributed by atoms with Crippen molar-refractivity contribution in [3.05, 3.63) is 71.5 Å². The van der Waals surface area contributed by atoms with Crippen LogP contribution in [0, 0.1) is 5.82 Å². The molecule has 0 bridgehead atoms. The van der Waals surface area contributed by atoms with Gasteiger partial charge in [0.15, 0.2) is 0 Å². The first kappa shape index (κ1) is 11.8. The van der Waals surface area contributed by atoms with E-state index in [0.29, 0.717) is 6.42 Å². The van der Waals surface area contributed by atoms with Crippen LogP contribution in [0.15, 0.2) is 54.6 Å². The molecular weight excluding hydrogens is 215 g/mol. The first-order valence-electron chi connectivity index (χ1n) is 5.55. The third kappa shape index (κ3) is 3.12. The Morgan fingerprint density at radius 3 is 2.47 bits per heavy atom. The standard InChI is InChI=1S/C14H15FN2/c15-13-8-4-5-11(9-13)10-14(17-16)12-6-2-1-3-7-12/h1-9,14,17H,10,16H2. The Balaban J connectivity index is 2.16. The van der Waals surface area contributed by atoms with Crippen LogP contribution < -0.4 is 11.3 Å². The lowest BCUT2D eigenvalue weighted by Gasteiger charge is -2.16. The Bertz CT molecular complexity index is 471. The minimum absolute atomic E-state index is 0.00185. The molecule has 0 aliphatic heterocycles. The first-order chi connectivity index (χ1) is 8.29.